The molecule has 0 saturated carbocycles. The molecule has 0 aliphatic carbocycles. The van der Waals surface area contributed by atoms with Gasteiger partial charge in [-0.1, -0.05) is 6.07 Å². The first-order chi connectivity index (χ1) is 8.72. The van der Waals surface area contributed by atoms with Gasteiger partial charge in [-0.15, -0.1) is 0 Å². The van der Waals surface area contributed by atoms with Crippen LogP contribution < -0.4 is 4.90 Å². The predicted octanol–water partition coefficient (Wildman–Crippen LogP) is 2.88. The Morgan fingerprint density at radius 1 is 1.16 bits per heavy atom. The van der Waals surface area contributed by atoms with Gasteiger partial charge in [0, 0.05) is 18.8 Å². The van der Waals surface area contributed by atoms with Crippen molar-refractivity contribution in [1.29, 1.82) is 0 Å². The second-order valence-corrected chi connectivity index (χ2v) is 6.75. The molecule has 1 aliphatic heterocycles. The summed E-state index contributed by atoms with van der Waals surface area (Å²) in [5.74, 6) is 0. The molecule has 3 nitrogen and oxygen atoms in total. The third kappa shape index (κ3) is 3.28. The van der Waals surface area contributed by atoms with Crippen molar-refractivity contribution in [2.75, 3.05) is 18.0 Å². The van der Waals surface area contributed by atoms with E-state index in [1.54, 1.807) is 0 Å². The van der Waals surface area contributed by atoms with Crippen molar-refractivity contribution >= 4 is 5.69 Å². The van der Waals surface area contributed by atoms with Crippen LogP contribution in [0, 0.1) is 6.92 Å². The lowest BCUT2D eigenvalue weighted by atomic mass is 9.97. The van der Waals surface area contributed by atoms with Crippen molar-refractivity contribution in [3.8, 4) is 0 Å². The van der Waals surface area contributed by atoms with Gasteiger partial charge >= 0.3 is 0 Å². The number of aliphatic hydroxyl groups is 1. The first kappa shape index (κ1) is 14.4. The number of hydrogen-bond acceptors (Lipinski definition) is 3. The van der Waals surface area contributed by atoms with E-state index in [9.17, 15) is 5.11 Å². The molecule has 1 N–H and O–H groups in total. The van der Waals surface area contributed by atoms with Gasteiger partial charge in [0.25, 0.3) is 0 Å². The lowest BCUT2D eigenvalue weighted by Crippen LogP contribution is -2.57. The number of aryl methyl sites for hydroxylation is 1. The minimum absolute atomic E-state index is 0.103. The van der Waals surface area contributed by atoms with E-state index in [-0.39, 0.29) is 17.8 Å². The number of aliphatic hydroxyl groups excluding tert-OH is 1. The highest BCUT2D eigenvalue weighted by Gasteiger charge is 2.38. The van der Waals surface area contributed by atoms with Crippen LogP contribution in [0.3, 0.4) is 0 Å². The Balaban J connectivity index is 2.28. The van der Waals surface area contributed by atoms with Crippen LogP contribution in [0.25, 0.3) is 0 Å². The van der Waals surface area contributed by atoms with Gasteiger partial charge in [-0.3, -0.25) is 0 Å². The van der Waals surface area contributed by atoms with Crippen LogP contribution in [0.5, 0.6) is 0 Å². The Morgan fingerprint density at radius 2 is 1.74 bits per heavy atom. The van der Waals surface area contributed by atoms with Crippen LogP contribution in [-0.2, 0) is 11.3 Å². The zero-order valence-electron chi connectivity index (χ0n) is 12.7. The Hall–Kier alpha value is -1.06. The van der Waals surface area contributed by atoms with Gasteiger partial charge in [0.1, 0.15) is 0 Å². The number of rotatable bonds is 2. The number of hydrogen-bond donors (Lipinski definition) is 1. The van der Waals surface area contributed by atoms with E-state index in [1.807, 2.05) is 13.0 Å². The average molecular weight is 263 g/mol. The summed E-state index contributed by atoms with van der Waals surface area (Å²) in [6, 6.07) is 6.26. The quantitative estimate of drug-likeness (QED) is 0.890. The summed E-state index contributed by atoms with van der Waals surface area (Å²) in [7, 11) is 0. The Bertz CT molecular complexity index is 450. The Morgan fingerprint density at radius 3 is 2.21 bits per heavy atom. The molecule has 106 valence electrons. The summed E-state index contributed by atoms with van der Waals surface area (Å²) in [4.78, 5) is 2.37. The van der Waals surface area contributed by atoms with Gasteiger partial charge in [-0.05, 0) is 57.9 Å². The van der Waals surface area contributed by atoms with Gasteiger partial charge in [0.2, 0.25) is 0 Å². The van der Waals surface area contributed by atoms with E-state index < -0.39 is 0 Å². The number of benzene rings is 1. The highest BCUT2D eigenvalue weighted by atomic mass is 16.5. The zero-order chi connectivity index (χ0) is 14.3. The van der Waals surface area contributed by atoms with Gasteiger partial charge in [-0.2, -0.15) is 0 Å². The van der Waals surface area contributed by atoms with Crippen molar-refractivity contribution in [1.82, 2.24) is 0 Å². The standard InChI is InChI=1S/C16H25NO2/c1-12-8-14(7-6-13(12)9-18)17-10-15(2,3)19-16(4,5)11-17/h6-8,18H,9-11H2,1-5H3. The lowest BCUT2D eigenvalue weighted by molar-refractivity contribution is -0.133. The maximum absolute atomic E-state index is 9.25. The summed E-state index contributed by atoms with van der Waals surface area (Å²) < 4.78 is 6.11. The summed E-state index contributed by atoms with van der Waals surface area (Å²) in [5.41, 5.74) is 3.05. The van der Waals surface area contributed by atoms with Crippen LogP contribution in [0.4, 0.5) is 5.69 Å². The highest BCUT2D eigenvalue weighted by molar-refractivity contribution is 5.51. The molecule has 1 heterocycles. The van der Waals surface area contributed by atoms with Crippen molar-refractivity contribution in [3.63, 3.8) is 0 Å². The molecule has 1 aromatic rings. The molecule has 1 fully saturated rings. The van der Waals surface area contributed by atoms with Crippen LogP contribution in [0.1, 0.15) is 38.8 Å². The van der Waals surface area contributed by atoms with Gasteiger partial charge in [0.05, 0.1) is 17.8 Å². The van der Waals surface area contributed by atoms with Crippen molar-refractivity contribution < 1.29 is 9.84 Å². The normalized spacial score (nSPS) is 21.5. The summed E-state index contributed by atoms with van der Waals surface area (Å²) >= 11 is 0. The summed E-state index contributed by atoms with van der Waals surface area (Å²) in [6.07, 6.45) is 0. The highest BCUT2D eigenvalue weighted by Crippen LogP contribution is 2.32. The van der Waals surface area contributed by atoms with Gasteiger partial charge in [0.15, 0.2) is 0 Å². The van der Waals surface area contributed by atoms with Crippen molar-refractivity contribution in [2.24, 2.45) is 0 Å². The molecule has 0 atom stereocenters. The van der Waals surface area contributed by atoms with E-state index in [2.05, 4.69) is 44.7 Å². The molecule has 0 amide bonds. The zero-order valence-corrected chi connectivity index (χ0v) is 12.7. The fraction of sp³-hybridized carbons (Fsp3) is 0.625. The van der Waals surface area contributed by atoms with E-state index in [4.69, 9.17) is 4.74 Å². The topological polar surface area (TPSA) is 32.7 Å². The number of morpholine rings is 1. The molecule has 0 bridgehead atoms. The molecule has 0 spiro atoms. The molecule has 0 radical (unpaired) electrons. The van der Waals surface area contributed by atoms with Gasteiger partial charge in [-0.25, -0.2) is 0 Å². The molecular weight excluding hydrogens is 238 g/mol. The average Bonchev–Trinajstić information content (AvgIpc) is 2.24. The first-order valence-corrected chi connectivity index (χ1v) is 6.88. The SMILES string of the molecule is Cc1cc(N2CC(C)(C)OC(C)(C)C2)ccc1CO. The molecule has 1 saturated heterocycles. The molecular formula is C16H25NO2. The molecule has 1 aliphatic rings. The van der Waals surface area contributed by atoms with Crippen molar-refractivity contribution in [3.05, 3.63) is 29.3 Å². The number of nitrogens with zero attached hydrogens (tertiary/aromatic N) is 1. The fourth-order valence-electron chi connectivity index (χ4n) is 3.02. The van der Waals surface area contributed by atoms with E-state index >= 15 is 0 Å². The van der Waals surface area contributed by atoms with Crippen LogP contribution in [0.2, 0.25) is 0 Å². The van der Waals surface area contributed by atoms with Crippen LogP contribution in [0.15, 0.2) is 18.2 Å². The molecule has 3 heteroatoms. The van der Waals surface area contributed by atoms with Crippen LogP contribution in [-0.4, -0.2) is 29.4 Å². The molecule has 19 heavy (non-hydrogen) atoms. The summed E-state index contributed by atoms with van der Waals surface area (Å²) in [6.45, 7) is 12.5. The Labute approximate surface area is 116 Å². The monoisotopic (exact) mass is 263 g/mol. The predicted molar refractivity (Wildman–Crippen MR) is 78.6 cm³/mol. The number of anilines is 1. The van der Waals surface area contributed by atoms with Crippen molar-refractivity contribution in [2.45, 2.75) is 52.4 Å². The molecule has 0 aromatic heterocycles. The maximum Gasteiger partial charge on any atom is 0.0808 e. The third-order valence-corrected chi connectivity index (χ3v) is 3.56. The molecule has 1 aromatic carbocycles. The molecule has 0 unspecified atom stereocenters. The maximum atomic E-state index is 9.25. The first-order valence-electron chi connectivity index (χ1n) is 6.88. The second kappa shape index (κ2) is 4.80. The fourth-order valence-corrected chi connectivity index (χ4v) is 3.02. The smallest absolute Gasteiger partial charge is 0.0808 e. The summed E-state index contributed by atoms with van der Waals surface area (Å²) in [5, 5.41) is 9.25. The van der Waals surface area contributed by atoms with E-state index in [0.29, 0.717) is 0 Å². The minimum atomic E-state index is -0.148. The van der Waals surface area contributed by atoms with Gasteiger partial charge < -0.3 is 14.7 Å². The lowest BCUT2D eigenvalue weighted by Gasteiger charge is -2.48. The second-order valence-electron chi connectivity index (χ2n) is 6.75. The van der Waals surface area contributed by atoms with E-state index in [1.165, 1.54) is 5.69 Å². The van der Waals surface area contributed by atoms with Crippen LogP contribution >= 0.6 is 0 Å². The number of ether oxygens (including phenoxy) is 1. The molecule has 2 rings (SSSR count). The van der Waals surface area contributed by atoms with E-state index in [0.717, 1.165) is 24.2 Å². The third-order valence-electron chi connectivity index (χ3n) is 3.56. The minimum Gasteiger partial charge on any atom is -0.392 e. The Kier molecular flexibility index (Phi) is 3.63. The largest absolute Gasteiger partial charge is 0.392 e.